The monoisotopic (exact) mass is 347 g/mol. The zero-order valence-corrected chi connectivity index (χ0v) is 14.6. The van der Waals surface area contributed by atoms with Crippen LogP contribution in [-0.4, -0.2) is 6.21 Å². The molecule has 0 atom stereocenters. The Morgan fingerprint density at radius 3 is 2.00 bits per heavy atom. The van der Waals surface area contributed by atoms with E-state index in [9.17, 15) is 0 Å². The molecule has 0 aliphatic carbocycles. The van der Waals surface area contributed by atoms with Crippen LogP contribution in [0.3, 0.4) is 0 Å². The van der Waals surface area contributed by atoms with Crippen LogP contribution in [0.4, 0.5) is 0 Å². The SMILES string of the molecule is N=Cc1cccc2oc3ccc(-c4ccc(-c5ccccc5)cc4)cc3c12. The molecule has 1 N–H and O–H groups in total. The summed E-state index contributed by atoms with van der Waals surface area (Å²) in [6.07, 6.45) is 1.39. The lowest BCUT2D eigenvalue weighted by atomic mass is 9.98. The third-order valence-corrected chi connectivity index (χ3v) is 5.01. The average molecular weight is 347 g/mol. The molecule has 0 amide bonds. The molecular weight excluding hydrogens is 330 g/mol. The maximum atomic E-state index is 7.70. The zero-order chi connectivity index (χ0) is 18.2. The third-order valence-electron chi connectivity index (χ3n) is 5.01. The predicted octanol–water partition coefficient (Wildman–Crippen LogP) is 6.92. The fraction of sp³-hybridized carbons (Fsp3) is 0. The summed E-state index contributed by atoms with van der Waals surface area (Å²) < 4.78 is 5.96. The number of hydrogen-bond donors (Lipinski definition) is 1. The molecule has 0 fully saturated rings. The number of benzene rings is 4. The first kappa shape index (κ1) is 15.6. The lowest BCUT2D eigenvalue weighted by molar-refractivity contribution is 0.669. The number of nitrogens with one attached hydrogen (secondary N) is 1. The normalized spacial score (nSPS) is 11.1. The molecule has 1 heterocycles. The molecule has 0 spiro atoms. The molecule has 0 aliphatic rings. The van der Waals surface area contributed by atoms with Gasteiger partial charge in [-0.2, -0.15) is 0 Å². The standard InChI is InChI=1S/C25H17NO/c26-16-21-7-4-8-24-25(21)22-15-20(13-14-23(22)27-24)19-11-9-18(10-12-19)17-5-2-1-3-6-17/h1-16,26H. The highest BCUT2D eigenvalue weighted by Gasteiger charge is 2.11. The van der Waals surface area contributed by atoms with Crippen LogP contribution < -0.4 is 0 Å². The zero-order valence-electron chi connectivity index (χ0n) is 14.6. The smallest absolute Gasteiger partial charge is 0.136 e. The van der Waals surface area contributed by atoms with Gasteiger partial charge in [0, 0.05) is 22.6 Å². The molecule has 0 bridgehead atoms. The van der Waals surface area contributed by atoms with E-state index in [4.69, 9.17) is 9.83 Å². The van der Waals surface area contributed by atoms with Crippen LogP contribution in [0, 0.1) is 5.41 Å². The molecule has 0 saturated carbocycles. The van der Waals surface area contributed by atoms with Crippen molar-refractivity contribution in [2.24, 2.45) is 0 Å². The maximum Gasteiger partial charge on any atom is 0.136 e. The van der Waals surface area contributed by atoms with Crippen molar-refractivity contribution in [3.8, 4) is 22.3 Å². The minimum absolute atomic E-state index is 0.822. The Hall–Kier alpha value is -3.65. The fourth-order valence-electron chi connectivity index (χ4n) is 3.64. The molecule has 0 radical (unpaired) electrons. The van der Waals surface area contributed by atoms with Crippen LogP contribution in [0.5, 0.6) is 0 Å². The highest BCUT2D eigenvalue weighted by atomic mass is 16.3. The van der Waals surface area contributed by atoms with E-state index in [1.807, 2.05) is 30.3 Å². The lowest BCUT2D eigenvalue weighted by Gasteiger charge is -2.05. The van der Waals surface area contributed by atoms with Crippen molar-refractivity contribution in [1.29, 1.82) is 5.41 Å². The summed E-state index contributed by atoms with van der Waals surface area (Å²) in [5.74, 6) is 0. The molecule has 2 nitrogen and oxygen atoms in total. The van der Waals surface area contributed by atoms with Gasteiger partial charge >= 0.3 is 0 Å². The predicted molar refractivity (Wildman–Crippen MR) is 112 cm³/mol. The molecule has 1 aromatic heterocycles. The Bertz CT molecular complexity index is 1260. The maximum absolute atomic E-state index is 7.70. The van der Waals surface area contributed by atoms with Gasteiger partial charge in [-0.15, -0.1) is 0 Å². The van der Waals surface area contributed by atoms with E-state index in [0.717, 1.165) is 33.1 Å². The van der Waals surface area contributed by atoms with Gasteiger partial charge < -0.3 is 9.83 Å². The average Bonchev–Trinajstić information content (AvgIpc) is 3.12. The van der Waals surface area contributed by atoms with E-state index >= 15 is 0 Å². The highest BCUT2D eigenvalue weighted by Crippen LogP contribution is 2.34. The van der Waals surface area contributed by atoms with Crippen molar-refractivity contribution in [2.45, 2.75) is 0 Å². The van der Waals surface area contributed by atoms with E-state index in [0.29, 0.717) is 0 Å². The minimum Gasteiger partial charge on any atom is -0.456 e. The first-order valence-electron chi connectivity index (χ1n) is 8.95. The van der Waals surface area contributed by atoms with Gasteiger partial charge in [-0.3, -0.25) is 0 Å². The summed E-state index contributed by atoms with van der Waals surface area (Å²) in [6, 6.07) is 31.1. The Morgan fingerprint density at radius 1 is 0.593 bits per heavy atom. The largest absolute Gasteiger partial charge is 0.456 e. The topological polar surface area (TPSA) is 37.0 Å². The molecule has 0 saturated heterocycles. The quantitative estimate of drug-likeness (QED) is 0.353. The van der Waals surface area contributed by atoms with Crippen molar-refractivity contribution in [1.82, 2.24) is 0 Å². The molecule has 27 heavy (non-hydrogen) atoms. The van der Waals surface area contributed by atoms with E-state index in [-0.39, 0.29) is 0 Å². The molecule has 5 aromatic rings. The van der Waals surface area contributed by atoms with Gasteiger partial charge in [0.1, 0.15) is 11.2 Å². The van der Waals surface area contributed by atoms with Crippen molar-refractivity contribution >= 4 is 28.2 Å². The first-order chi connectivity index (χ1) is 13.3. The van der Waals surface area contributed by atoms with Crippen LogP contribution in [0.25, 0.3) is 44.2 Å². The van der Waals surface area contributed by atoms with Crippen LogP contribution in [0.15, 0.2) is 95.4 Å². The lowest BCUT2D eigenvalue weighted by Crippen LogP contribution is -1.82. The number of hydrogen-bond acceptors (Lipinski definition) is 2. The second kappa shape index (κ2) is 6.26. The van der Waals surface area contributed by atoms with Crippen molar-refractivity contribution in [3.63, 3.8) is 0 Å². The second-order valence-corrected chi connectivity index (χ2v) is 6.62. The van der Waals surface area contributed by atoms with Gasteiger partial charge in [0.25, 0.3) is 0 Å². The Labute approximate surface area is 157 Å². The van der Waals surface area contributed by atoms with E-state index in [2.05, 4.69) is 60.7 Å². The summed E-state index contributed by atoms with van der Waals surface area (Å²) in [6.45, 7) is 0. The molecular formula is C25H17NO. The molecule has 0 unspecified atom stereocenters. The molecule has 128 valence electrons. The van der Waals surface area contributed by atoms with Gasteiger partial charge in [-0.25, -0.2) is 0 Å². The van der Waals surface area contributed by atoms with E-state index in [1.54, 1.807) is 0 Å². The molecule has 5 rings (SSSR count). The van der Waals surface area contributed by atoms with Crippen molar-refractivity contribution in [2.75, 3.05) is 0 Å². The van der Waals surface area contributed by atoms with Crippen LogP contribution in [-0.2, 0) is 0 Å². The molecule has 4 aromatic carbocycles. The van der Waals surface area contributed by atoms with Crippen LogP contribution in [0.2, 0.25) is 0 Å². The minimum atomic E-state index is 0.822. The summed E-state index contributed by atoms with van der Waals surface area (Å²) in [4.78, 5) is 0. The van der Waals surface area contributed by atoms with Crippen LogP contribution in [0.1, 0.15) is 5.56 Å². The van der Waals surface area contributed by atoms with Gasteiger partial charge in [-0.05, 0) is 40.5 Å². The van der Waals surface area contributed by atoms with E-state index in [1.165, 1.54) is 22.9 Å². The van der Waals surface area contributed by atoms with E-state index < -0.39 is 0 Å². The van der Waals surface area contributed by atoms with Gasteiger partial charge in [-0.1, -0.05) is 72.8 Å². The highest BCUT2D eigenvalue weighted by molar-refractivity contribution is 6.13. The third kappa shape index (κ3) is 2.63. The van der Waals surface area contributed by atoms with Gasteiger partial charge in [0.2, 0.25) is 0 Å². The van der Waals surface area contributed by atoms with Gasteiger partial charge in [0.05, 0.1) is 0 Å². The number of rotatable bonds is 3. The van der Waals surface area contributed by atoms with Crippen LogP contribution >= 0.6 is 0 Å². The number of fused-ring (bicyclic) bond motifs is 3. The molecule has 0 aliphatic heterocycles. The summed E-state index contributed by atoms with van der Waals surface area (Å²) in [7, 11) is 0. The van der Waals surface area contributed by atoms with Gasteiger partial charge in [0.15, 0.2) is 0 Å². The number of furan rings is 1. The summed E-state index contributed by atoms with van der Waals surface area (Å²) in [5, 5.41) is 9.75. The summed E-state index contributed by atoms with van der Waals surface area (Å²) >= 11 is 0. The second-order valence-electron chi connectivity index (χ2n) is 6.62. The first-order valence-corrected chi connectivity index (χ1v) is 8.95. The summed E-state index contributed by atoms with van der Waals surface area (Å²) in [5.41, 5.74) is 7.29. The van der Waals surface area contributed by atoms with Crippen molar-refractivity contribution in [3.05, 3.63) is 96.6 Å². The molecule has 2 heteroatoms. The Balaban J connectivity index is 1.63. The fourth-order valence-corrected chi connectivity index (χ4v) is 3.64. The Morgan fingerprint density at radius 2 is 1.26 bits per heavy atom. The van der Waals surface area contributed by atoms with Crippen molar-refractivity contribution < 1.29 is 4.42 Å². The Kier molecular flexibility index (Phi) is 3.61.